The van der Waals surface area contributed by atoms with E-state index in [-0.39, 0.29) is 22.7 Å². The Morgan fingerprint density at radius 2 is 2.22 bits per heavy atom. The van der Waals surface area contributed by atoms with Gasteiger partial charge in [-0.05, 0) is 61.2 Å². The van der Waals surface area contributed by atoms with E-state index in [1.165, 1.54) is 12.7 Å². The largest absolute Gasteiger partial charge is 0.469 e. The van der Waals surface area contributed by atoms with E-state index >= 15 is 0 Å². The Labute approximate surface area is 139 Å². The van der Waals surface area contributed by atoms with E-state index in [1.54, 1.807) is 0 Å². The van der Waals surface area contributed by atoms with Crippen LogP contribution in [0.5, 0.6) is 0 Å². The molecule has 2 saturated carbocycles. The van der Waals surface area contributed by atoms with E-state index in [9.17, 15) is 9.90 Å². The first-order chi connectivity index (χ1) is 10.8. The number of hydrogen-bond acceptors (Lipinski definition) is 3. The first kappa shape index (κ1) is 16.8. The fourth-order valence-electron chi connectivity index (χ4n) is 5.66. The molecule has 1 N–H and O–H groups in total. The monoisotopic (exact) mass is 318 g/mol. The van der Waals surface area contributed by atoms with E-state index in [0.29, 0.717) is 18.3 Å². The quantitative estimate of drug-likeness (QED) is 0.621. The van der Waals surface area contributed by atoms with Gasteiger partial charge in [0.05, 0.1) is 19.1 Å². The van der Waals surface area contributed by atoms with Crippen molar-refractivity contribution in [3.8, 4) is 0 Å². The molecule has 0 saturated heterocycles. The molecule has 3 heteroatoms. The molecule has 0 radical (unpaired) electrons. The summed E-state index contributed by atoms with van der Waals surface area (Å²) in [6.07, 6.45) is 9.71. The molecule has 23 heavy (non-hydrogen) atoms. The molecule has 0 aromatic carbocycles. The molecular formula is C20H30O3. The zero-order chi connectivity index (χ0) is 16.8. The lowest BCUT2D eigenvalue weighted by molar-refractivity contribution is -0.158. The molecule has 0 aromatic heterocycles. The minimum Gasteiger partial charge on any atom is -0.469 e. The summed E-state index contributed by atoms with van der Waals surface area (Å²) in [4.78, 5) is 12.3. The van der Waals surface area contributed by atoms with Gasteiger partial charge in [-0.15, -0.1) is 6.58 Å². The summed E-state index contributed by atoms with van der Waals surface area (Å²) in [7, 11) is 1.46. The van der Waals surface area contributed by atoms with Gasteiger partial charge in [0.15, 0.2) is 0 Å². The molecule has 0 aromatic rings. The predicted octanol–water partition coefficient (Wildman–Crippen LogP) is 3.88. The van der Waals surface area contributed by atoms with Gasteiger partial charge in [0.25, 0.3) is 0 Å². The zero-order valence-corrected chi connectivity index (χ0v) is 14.7. The standard InChI is InChI=1S/C20H30O3/c1-5-19(2)9-8-16-13(11-19)6-7-17-15(18(22)23-4)10-14(21)12-20(16,17)3/h5-6,14-17,21H,1,7-12H2,2-4H3/t14-,15+,16-,17-,19-,20+/m0/s1. The number of rotatable bonds is 2. The fraction of sp³-hybridized carbons (Fsp3) is 0.750. The molecule has 3 rings (SSSR count). The minimum atomic E-state index is -0.396. The molecule has 3 aliphatic carbocycles. The van der Waals surface area contributed by atoms with E-state index < -0.39 is 6.10 Å². The van der Waals surface area contributed by atoms with E-state index in [4.69, 9.17) is 4.74 Å². The van der Waals surface area contributed by atoms with Crippen LogP contribution in [0, 0.1) is 28.6 Å². The highest BCUT2D eigenvalue weighted by Gasteiger charge is 2.55. The van der Waals surface area contributed by atoms with E-state index in [0.717, 1.165) is 32.1 Å². The van der Waals surface area contributed by atoms with Crippen LogP contribution in [-0.2, 0) is 9.53 Å². The second-order valence-electron chi connectivity index (χ2n) is 8.48. The lowest BCUT2D eigenvalue weighted by Gasteiger charge is -2.56. The van der Waals surface area contributed by atoms with Crippen LogP contribution in [0.1, 0.15) is 52.4 Å². The van der Waals surface area contributed by atoms with Crippen LogP contribution in [0.2, 0.25) is 0 Å². The van der Waals surface area contributed by atoms with Crippen molar-refractivity contribution in [3.63, 3.8) is 0 Å². The number of aliphatic hydroxyl groups excluding tert-OH is 1. The smallest absolute Gasteiger partial charge is 0.309 e. The van der Waals surface area contributed by atoms with Gasteiger partial charge in [-0.1, -0.05) is 31.6 Å². The van der Waals surface area contributed by atoms with Gasteiger partial charge < -0.3 is 9.84 Å². The Morgan fingerprint density at radius 3 is 2.87 bits per heavy atom. The molecule has 0 spiro atoms. The second-order valence-corrected chi connectivity index (χ2v) is 8.48. The summed E-state index contributed by atoms with van der Waals surface area (Å²) in [5, 5.41) is 10.4. The molecule has 3 nitrogen and oxygen atoms in total. The number of fused-ring (bicyclic) bond motifs is 3. The summed E-state index contributed by atoms with van der Waals surface area (Å²) in [6.45, 7) is 8.61. The van der Waals surface area contributed by atoms with Gasteiger partial charge >= 0.3 is 5.97 Å². The Morgan fingerprint density at radius 1 is 1.48 bits per heavy atom. The van der Waals surface area contributed by atoms with Crippen molar-refractivity contribution in [1.29, 1.82) is 0 Å². The Balaban J connectivity index is 1.94. The summed E-state index contributed by atoms with van der Waals surface area (Å²) in [6, 6.07) is 0. The van der Waals surface area contributed by atoms with Crippen LogP contribution in [0.4, 0.5) is 0 Å². The lowest BCUT2D eigenvalue weighted by atomic mass is 9.48. The molecule has 0 aliphatic heterocycles. The van der Waals surface area contributed by atoms with E-state index in [2.05, 4.69) is 32.6 Å². The molecule has 6 atom stereocenters. The summed E-state index contributed by atoms with van der Waals surface area (Å²) in [5.74, 6) is 0.458. The topological polar surface area (TPSA) is 46.5 Å². The van der Waals surface area contributed by atoms with Crippen LogP contribution in [0.25, 0.3) is 0 Å². The van der Waals surface area contributed by atoms with E-state index in [1.807, 2.05) is 0 Å². The molecule has 0 unspecified atom stereocenters. The third-order valence-electron chi connectivity index (χ3n) is 7.02. The molecule has 0 amide bonds. The van der Waals surface area contributed by atoms with Gasteiger partial charge in [0.1, 0.15) is 0 Å². The molecular weight excluding hydrogens is 288 g/mol. The van der Waals surface area contributed by atoms with Crippen molar-refractivity contribution in [2.75, 3.05) is 7.11 Å². The SMILES string of the molecule is C=C[C@@]1(C)CC[C@H]2C(=CC[C@H]3[C@H](C(=O)OC)C[C@H](O)C[C@]23C)C1. The van der Waals surface area contributed by atoms with Crippen LogP contribution in [0.3, 0.4) is 0 Å². The number of carbonyl (C=O) groups excluding carboxylic acids is 1. The Bertz CT molecular complexity index is 537. The maximum atomic E-state index is 12.3. The highest BCUT2D eigenvalue weighted by molar-refractivity contribution is 5.73. The van der Waals surface area contributed by atoms with Gasteiger partial charge in [-0.2, -0.15) is 0 Å². The number of aliphatic hydroxyl groups is 1. The molecule has 2 fully saturated rings. The third-order valence-corrected chi connectivity index (χ3v) is 7.02. The Hall–Kier alpha value is -1.09. The zero-order valence-electron chi connectivity index (χ0n) is 14.7. The number of allylic oxidation sites excluding steroid dienone is 3. The molecule has 0 heterocycles. The molecule has 0 bridgehead atoms. The number of carbonyl (C=O) groups is 1. The van der Waals surface area contributed by atoms with Crippen molar-refractivity contribution in [1.82, 2.24) is 0 Å². The maximum Gasteiger partial charge on any atom is 0.309 e. The Kier molecular flexibility index (Phi) is 4.20. The second kappa shape index (κ2) is 5.77. The van der Waals surface area contributed by atoms with Crippen LogP contribution < -0.4 is 0 Å². The summed E-state index contributed by atoms with van der Waals surface area (Å²) >= 11 is 0. The average Bonchev–Trinajstić information content (AvgIpc) is 2.52. The van der Waals surface area contributed by atoms with Gasteiger partial charge in [0, 0.05) is 0 Å². The normalized spacial score (nSPS) is 46.2. The number of hydrogen-bond donors (Lipinski definition) is 1. The first-order valence-electron chi connectivity index (χ1n) is 8.91. The van der Waals surface area contributed by atoms with Crippen LogP contribution in [-0.4, -0.2) is 24.3 Å². The predicted molar refractivity (Wildman–Crippen MR) is 90.7 cm³/mol. The van der Waals surface area contributed by atoms with Crippen LogP contribution >= 0.6 is 0 Å². The summed E-state index contributed by atoms with van der Waals surface area (Å²) in [5.41, 5.74) is 1.72. The van der Waals surface area contributed by atoms with Crippen LogP contribution in [0.15, 0.2) is 24.3 Å². The maximum absolute atomic E-state index is 12.3. The number of ether oxygens (including phenoxy) is 1. The van der Waals surface area contributed by atoms with Crippen molar-refractivity contribution >= 4 is 5.97 Å². The van der Waals surface area contributed by atoms with Gasteiger partial charge in [-0.25, -0.2) is 0 Å². The van der Waals surface area contributed by atoms with Crippen molar-refractivity contribution < 1.29 is 14.6 Å². The minimum absolute atomic E-state index is 0.00308. The lowest BCUT2D eigenvalue weighted by Crippen LogP contribution is -2.52. The van der Waals surface area contributed by atoms with Gasteiger partial charge in [-0.3, -0.25) is 4.79 Å². The van der Waals surface area contributed by atoms with Crippen molar-refractivity contribution in [2.45, 2.75) is 58.5 Å². The fourth-order valence-corrected chi connectivity index (χ4v) is 5.66. The third kappa shape index (κ3) is 2.67. The molecule has 3 aliphatic rings. The first-order valence-corrected chi connectivity index (χ1v) is 8.91. The number of methoxy groups -OCH3 is 1. The van der Waals surface area contributed by atoms with Crippen molar-refractivity contribution in [2.24, 2.45) is 28.6 Å². The summed E-state index contributed by atoms with van der Waals surface area (Å²) < 4.78 is 5.03. The highest BCUT2D eigenvalue weighted by Crippen LogP contribution is 2.60. The average molecular weight is 318 g/mol. The van der Waals surface area contributed by atoms with Crippen molar-refractivity contribution in [3.05, 3.63) is 24.3 Å². The van der Waals surface area contributed by atoms with Gasteiger partial charge in [0.2, 0.25) is 0 Å². The highest BCUT2D eigenvalue weighted by atomic mass is 16.5. The number of esters is 1. The molecule has 128 valence electrons.